The highest BCUT2D eigenvalue weighted by molar-refractivity contribution is 14.1. The molecule has 2 aromatic rings. The van der Waals surface area contributed by atoms with Crippen molar-refractivity contribution in [3.05, 3.63) is 44.7 Å². The Balaban J connectivity index is 1.81. The fourth-order valence-corrected chi connectivity index (χ4v) is 2.98. The van der Waals surface area contributed by atoms with Crippen molar-refractivity contribution in [2.24, 2.45) is 0 Å². The lowest BCUT2D eigenvalue weighted by Crippen LogP contribution is -2.17. The zero-order chi connectivity index (χ0) is 15.9. The third kappa shape index (κ3) is 5.57. The van der Waals surface area contributed by atoms with Crippen molar-refractivity contribution in [3.8, 4) is 11.3 Å². The average Bonchev–Trinajstić information content (AvgIpc) is 2.91. The summed E-state index contributed by atoms with van der Waals surface area (Å²) in [6, 6.07) is 9.90. The molecule has 0 bridgehead atoms. The SMILES string of the molecule is CC(C)OCCCNCc1ccc(-c2ccc(I)cc2Cl)o1. The lowest BCUT2D eigenvalue weighted by Gasteiger charge is -2.07. The molecule has 2 rings (SSSR count). The number of rotatable bonds is 8. The molecule has 1 N–H and O–H groups in total. The minimum Gasteiger partial charge on any atom is -0.460 e. The van der Waals surface area contributed by atoms with Crippen LogP contribution < -0.4 is 5.32 Å². The van der Waals surface area contributed by atoms with E-state index in [9.17, 15) is 0 Å². The van der Waals surface area contributed by atoms with Crippen LogP contribution in [-0.4, -0.2) is 19.3 Å². The number of hydrogen-bond acceptors (Lipinski definition) is 3. The number of halogens is 2. The molecule has 22 heavy (non-hydrogen) atoms. The maximum Gasteiger partial charge on any atom is 0.135 e. The van der Waals surface area contributed by atoms with Gasteiger partial charge in [-0.05, 0) is 79.7 Å². The second-order valence-corrected chi connectivity index (χ2v) is 6.99. The van der Waals surface area contributed by atoms with Gasteiger partial charge in [0.15, 0.2) is 0 Å². The number of nitrogens with one attached hydrogen (secondary N) is 1. The summed E-state index contributed by atoms with van der Waals surface area (Å²) in [6.45, 7) is 6.50. The van der Waals surface area contributed by atoms with Crippen LogP contribution in [0.1, 0.15) is 26.0 Å². The highest BCUT2D eigenvalue weighted by Gasteiger charge is 2.09. The Labute approximate surface area is 150 Å². The molecule has 0 atom stereocenters. The molecule has 0 aliphatic heterocycles. The number of benzene rings is 1. The van der Waals surface area contributed by atoms with E-state index in [4.69, 9.17) is 20.8 Å². The van der Waals surface area contributed by atoms with Gasteiger partial charge >= 0.3 is 0 Å². The molecule has 0 saturated heterocycles. The quantitative estimate of drug-likeness (QED) is 0.464. The summed E-state index contributed by atoms with van der Waals surface area (Å²) >= 11 is 8.51. The van der Waals surface area contributed by atoms with Crippen molar-refractivity contribution in [1.29, 1.82) is 0 Å². The van der Waals surface area contributed by atoms with Crippen molar-refractivity contribution in [2.45, 2.75) is 32.9 Å². The van der Waals surface area contributed by atoms with Crippen LogP contribution in [0.3, 0.4) is 0 Å². The average molecular weight is 434 g/mol. The molecule has 1 aromatic carbocycles. The van der Waals surface area contributed by atoms with Crippen LogP contribution in [0.4, 0.5) is 0 Å². The topological polar surface area (TPSA) is 34.4 Å². The molecule has 0 radical (unpaired) electrons. The van der Waals surface area contributed by atoms with Crippen molar-refractivity contribution >= 4 is 34.2 Å². The van der Waals surface area contributed by atoms with E-state index >= 15 is 0 Å². The fourth-order valence-electron chi connectivity index (χ4n) is 2.03. The van der Waals surface area contributed by atoms with Gasteiger partial charge in [0.05, 0.1) is 17.7 Å². The van der Waals surface area contributed by atoms with Crippen molar-refractivity contribution in [2.75, 3.05) is 13.2 Å². The van der Waals surface area contributed by atoms with Gasteiger partial charge in [-0.1, -0.05) is 11.6 Å². The minimum absolute atomic E-state index is 0.298. The molecule has 0 unspecified atom stereocenters. The molecule has 0 aliphatic carbocycles. The Bertz CT molecular complexity index is 598. The van der Waals surface area contributed by atoms with Crippen molar-refractivity contribution in [3.63, 3.8) is 0 Å². The Kier molecular flexibility index (Phi) is 7.21. The molecule has 1 heterocycles. The van der Waals surface area contributed by atoms with Gasteiger partial charge in [-0.25, -0.2) is 0 Å². The first-order valence-electron chi connectivity index (χ1n) is 7.42. The normalized spacial score (nSPS) is 11.3. The van der Waals surface area contributed by atoms with E-state index in [0.29, 0.717) is 17.7 Å². The highest BCUT2D eigenvalue weighted by Crippen LogP contribution is 2.30. The predicted molar refractivity (Wildman–Crippen MR) is 99.3 cm³/mol. The van der Waals surface area contributed by atoms with E-state index < -0.39 is 0 Å². The molecule has 0 fully saturated rings. The first kappa shape index (κ1) is 17.8. The molecular weight excluding hydrogens is 413 g/mol. The smallest absolute Gasteiger partial charge is 0.135 e. The Hall–Kier alpha value is -0.560. The van der Waals surface area contributed by atoms with Gasteiger partial charge < -0.3 is 14.5 Å². The maximum absolute atomic E-state index is 6.27. The summed E-state index contributed by atoms with van der Waals surface area (Å²) in [5.41, 5.74) is 0.929. The molecule has 0 aliphatic rings. The van der Waals surface area contributed by atoms with E-state index in [0.717, 1.165) is 40.2 Å². The second-order valence-electron chi connectivity index (χ2n) is 5.34. The van der Waals surface area contributed by atoms with Crippen LogP contribution in [0.2, 0.25) is 5.02 Å². The van der Waals surface area contributed by atoms with Gasteiger partial charge in [-0.3, -0.25) is 0 Å². The summed E-state index contributed by atoms with van der Waals surface area (Å²) in [5.74, 6) is 1.72. The van der Waals surface area contributed by atoms with Crippen LogP contribution in [-0.2, 0) is 11.3 Å². The number of furan rings is 1. The predicted octanol–water partition coefficient (Wildman–Crippen LogP) is 5.11. The Morgan fingerprint density at radius 3 is 2.82 bits per heavy atom. The first-order chi connectivity index (χ1) is 10.6. The van der Waals surface area contributed by atoms with Crippen LogP contribution in [0.25, 0.3) is 11.3 Å². The number of hydrogen-bond donors (Lipinski definition) is 1. The summed E-state index contributed by atoms with van der Waals surface area (Å²) in [4.78, 5) is 0. The second kappa shape index (κ2) is 8.91. The third-order valence-corrected chi connectivity index (χ3v) is 4.09. The maximum atomic E-state index is 6.27. The van der Waals surface area contributed by atoms with Crippen LogP contribution >= 0.6 is 34.2 Å². The summed E-state index contributed by atoms with van der Waals surface area (Å²) in [7, 11) is 0. The lowest BCUT2D eigenvalue weighted by molar-refractivity contribution is 0.0770. The molecule has 1 aromatic heterocycles. The van der Waals surface area contributed by atoms with Gasteiger partial charge in [-0.2, -0.15) is 0 Å². The minimum atomic E-state index is 0.298. The summed E-state index contributed by atoms with van der Waals surface area (Å²) in [6.07, 6.45) is 1.29. The Morgan fingerprint density at radius 1 is 1.27 bits per heavy atom. The molecule has 3 nitrogen and oxygen atoms in total. The van der Waals surface area contributed by atoms with E-state index in [-0.39, 0.29) is 0 Å². The van der Waals surface area contributed by atoms with Gasteiger partial charge in [-0.15, -0.1) is 0 Å². The van der Waals surface area contributed by atoms with Gasteiger partial charge in [0, 0.05) is 15.7 Å². The van der Waals surface area contributed by atoms with E-state index in [1.54, 1.807) is 0 Å². The van der Waals surface area contributed by atoms with Gasteiger partial charge in [0.25, 0.3) is 0 Å². The zero-order valence-electron chi connectivity index (χ0n) is 12.9. The van der Waals surface area contributed by atoms with Gasteiger partial charge in [0.2, 0.25) is 0 Å². The summed E-state index contributed by atoms with van der Waals surface area (Å²) < 4.78 is 12.5. The molecule has 120 valence electrons. The lowest BCUT2D eigenvalue weighted by atomic mass is 10.2. The zero-order valence-corrected chi connectivity index (χ0v) is 15.8. The molecule has 5 heteroatoms. The third-order valence-electron chi connectivity index (χ3n) is 3.11. The summed E-state index contributed by atoms with van der Waals surface area (Å²) in [5, 5.41) is 4.07. The molecular formula is C17H21ClINO2. The van der Waals surface area contributed by atoms with Crippen molar-refractivity contribution < 1.29 is 9.15 Å². The highest BCUT2D eigenvalue weighted by atomic mass is 127. The standard InChI is InChI=1S/C17H21ClINO2/c1-12(2)21-9-3-8-20-11-14-5-7-17(22-14)15-6-4-13(19)10-16(15)18/h4-7,10,12,20H,3,8-9,11H2,1-2H3. The van der Waals surface area contributed by atoms with Crippen LogP contribution in [0, 0.1) is 3.57 Å². The molecule has 0 spiro atoms. The van der Waals surface area contributed by atoms with E-state index in [1.807, 2.05) is 44.2 Å². The molecule has 0 saturated carbocycles. The Morgan fingerprint density at radius 2 is 2.09 bits per heavy atom. The van der Waals surface area contributed by atoms with Crippen molar-refractivity contribution in [1.82, 2.24) is 5.32 Å². The van der Waals surface area contributed by atoms with Gasteiger partial charge in [0.1, 0.15) is 11.5 Å². The van der Waals surface area contributed by atoms with E-state index in [2.05, 4.69) is 27.9 Å². The van der Waals surface area contributed by atoms with E-state index in [1.165, 1.54) is 0 Å². The van der Waals surface area contributed by atoms with Crippen LogP contribution in [0.15, 0.2) is 34.7 Å². The number of ether oxygens (including phenoxy) is 1. The van der Waals surface area contributed by atoms with Crippen LogP contribution in [0.5, 0.6) is 0 Å². The first-order valence-corrected chi connectivity index (χ1v) is 8.88. The largest absolute Gasteiger partial charge is 0.460 e. The fraction of sp³-hybridized carbons (Fsp3) is 0.412. The monoisotopic (exact) mass is 433 g/mol. The molecule has 0 amide bonds.